The van der Waals surface area contributed by atoms with Gasteiger partial charge < -0.3 is 23.8 Å². The molecular formula is C51H64F2N6O5Si. The zero-order chi connectivity index (χ0) is 46.7. The number of benzene rings is 2. The first kappa shape index (κ1) is 46.4. The molecule has 65 heavy (non-hydrogen) atoms. The molecule has 4 aromatic rings. The van der Waals surface area contributed by atoms with Crippen LogP contribution in [0.3, 0.4) is 0 Å². The molecule has 1 amide bonds. The van der Waals surface area contributed by atoms with Gasteiger partial charge in [-0.2, -0.15) is 9.97 Å². The minimum absolute atomic E-state index is 0.00388. The van der Waals surface area contributed by atoms with Gasteiger partial charge in [0.2, 0.25) is 0 Å². The zero-order valence-corrected chi connectivity index (χ0v) is 40.7. The second-order valence-corrected chi connectivity index (χ2v) is 26.2. The van der Waals surface area contributed by atoms with E-state index in [0.717, 1.165) is 49.9 Å². The summed E-state index contributed by atoms with van der Waals surface area (Å²) in [6.45, 7) is 30.1. The van der Waals surface area contributed by atoms with Gasteiger partial charge in [0.15, 0.2) is 24.2 Å². The summed E-state index contributed by atoms with van der Waals surface area (Å²) in [6.07, 6.45) is 4.33. The predicted octanol–water partition coefficient (Wildman–Crippen LogP) is 10.6. The van der Waals surface area contributed by atoms with Crippen molar-refractivity contribution >= 4 is 41.7 Å². The van der Waals surface area contributed by atoms with Crippen LogP contribution in [0.2, 0.25) is 16.6 Å². The third-order valence-electron chi connectivity index (χ3n) is 14.1. The lowest BCUT2D eigenvalue weighted by Crippen LogP contribution is -2.57. The summed E-state index contributed by atoms with van der Waals surface area (Å²) in [4.78, 5) is 34.4. The number of ether oxygens (including phenoxy) is 4. The van der Waals surface area contributed by atoms with Crippen molar-refractivity contribution in [1.29, 1.82) is 0 Å². The number of aromatic nitrogens is 3. The number of halogens is 2. The molecule has 14 heteroatoms. The Morgan fingerprint density at radius 2 is 1.58 bits per heavy atom. The van der Waals surface area contributed by atoms with E-state index in [-0.39, 0.29) is 65.5 Å². The average Bonchev–Trinajstić information content (AvgIpc) is 3.81. The lowest BCUT2D eigenvalue weighted by atomic mass is 9.92. The van der Waals surface area contributed by atoms with Crippen molar-refractivity contribution < 1.29 is 32.5 Å². The third-order valence-corrected chi connectivity index (χ3v) is 20.4. The number of rotatable bonds is 11. The van der Waals surface area contributed by atoms with Gasteiger partial charge >= 0.3 is 12.1 Å². The number of pyridine rings is 1. The molecule has 6 heterocycles. The molecule has 4 aliphatic rings. The number of amides is 1. The molecule has 0 spiro atoms. The van der Waals surface area contributed by atoms with Crippen molar-refractivity contribution in [2.75, 3.05) is 51.6 Å². The van der Waals surface area contributed by atoms with E-state index >= 15 is 8.78 Å². The number of piperazine rings is 1. The maximum Gasteiger partial charge on any atom is 0.410 e. The number of hydrogen-bond donors (Lipinski definition) is 0. The van der Waals surface area contributed by atoms with Gasteiger partial charge in [0.25, 0.3) is 0 Å². The van der Waals surface area contributed by atoms with Crippen molar-refractivity contribution in [3.63, 3.8) is 0 Å². The molecule has 4 fully saturated rings. The minimum Gasteiger partial charge on any atom is -0.464 e. The predicted molar refractivity (Wildman–Crippen MR) is 255 cm³/mol. The highest BCUT2D eigenvalue weighted by Gasteiger charge is 2.49. The summed E-state index contributed by atoms with van der Waals surface area (Å²) in [5.74, 6) is 2.54. The second-order valence-electron chi connectivity index (χ2n) is 20.6. The molecule has 4 saturated heterocycles. The van der Waals surface area contributed by atoms with Crippen LogP contribution in [0.4, 0.5) is 19.4 Å². The fourth-order valence-electron chi connectivity index (χ4n) is 11.4. The summed E-state index contributed by atoms with van der Waals surface area (Å²) in [6, 6.07) is 6.51. The smallest absolute Gasteiger partial charge is 0.410 e. The Bertz CT molecular complexity index is 2560. The van der Waals surface area contributed by atoms with Crippen LogP contribution in [0, 0.1) is 23.1 Å². The lowest BCUT2D eigenvalue weighted by molar-refractivity contribution is 0.0122. The van der Waals surface area contributed by atoms with E-state index in [1.54, 1.807) is 18.3 Å². The van der Waals surface area contributed by atoms with Gasteiger partial charge in [-0.1, -0.05) is 83.9 Å². The van der Waals surface area contributed by atoms with Crippen molar-refractivity contribution in [3.05, 3.63) is 72.0 Å². The highest BCUT2D eigenvalue weighted by atomic mass is 28.3. The minimum atomic E-state index is -2.24. The molecule has 11 nitrogen and oxygen atoms in total. The molecule has 8 rings (SSSR count). The average molecular weight is 907 g/mol. The first-order valence-corrected chi connectivity index (χ1v) is 25.2. The van der Waals surface area contributed by atoms with E-state index in [1.807, 2.05) is 31.7 Å². The standard InChI is InChI=1S/C51H64F2N6O5Si/c1-30(2)65(31(3)4,32(5)6)19-18-35-14-13-15-38-42(35)39(20-41(43(38)52)63-29-61-12)45-44(53)46-40(23-54-45)47(57-26-36-16-17-37(27-57)59(36)49(60)64-50(9,10)11)56-48(55-46)62-28-51-21-33(7)24-58(51)25-34(8)22-51/h13-15,20,23,30-32,36-37H,7-8,16-17,21-22,24-29H2,1-6,9-12H3. The van der Waals surface area contributed by atoms with Crippen molar-refractivity contribution in [1.82, 2.24) is 24.8 Å². The maximum absolute atomic E-state index is 18.0. The quantitative estimate of drug-likeness (QED) is 0.0626. The van der Waals surface area contributed by atoms with E-state index in [2.05, 4.69) is 76.0 Å². The number of fused-ring (bicyclic) bond motifs is 5. The van der Waals surface area contributed by atoms with Crippen LogP contribution in [0.1, 0.15) is 93.6 Å². The molecule has 2 aromatic carbocycles. The van der Waals surface area contributed by atoms with Gasteiger partial charge in [-0.15, -0.1) is 5.54 Å². The number of carbonyl (C=O) groups excluding carboxylic acids is 1. The molecule has 4 aliphatic heterocycles. The Morgan fingerprint density at radius 3 is 2.18 bits per heavy atom. The Morgan fingerprint density at radius 1 is 0.938 bits per heavy atom. The van der Waals surface area contributed by atoms with Gasteiger partial charge in [-0.05, 0) is 75.2 Å². The van der Waals surface area contributed by atoms with Crippen molar-refractivity contribution in [2.45, 2.75) is 128 Å². The van der Waals surface area contributed by atoms with E-state index in [4.69, 9.17) is 33.9 Å². The fourth-order valence-corrected chi connectivity index (χ4v) is 16.6. The monoisotopic (exact) mass is 906 g/mol. The third kappa shape index (κ3) is 8.49. The van der Waals surface area contributed by atoms with E-state index in [1.165, 1.54) is 13.2 Å². The second kappa shape index (κ2) is 17.6. The van der Waals surface area contributed by atoms with Crippen LogP contribution in [-0.4, -0.2) is 109 Å². The number of anilines is 1. The largest absolute Gasteiger partial charge is 0.464 e. The number of carbonyl (C=O) groups is 1. The molecule has 2 unspecified atom stereocenters. The van der Waals surface area contributed by atoms with Gasteiger partial charge in [0.1, 0.15) is 37.3 Å². The van der Waals surface area contributed by atoms with Crippen molar-refractivity contribution in [3.8, 4) is 34.5 Å². The van der Waals surface area contributed by atoms with Crippen LogP contribution < -0.4 is 14.4 Å². The topological polar surface area (TPSA) is 102 Å². The lowest BCUT2D eigenvalue weighted by Gasteiger charge is -2.42. The van der Waals surface area contributed by atoms with Crippen molar-refractivity contribution in [2.24, 2.45) is 0 Å². The summed E-state index contributed by atoms with van der Waals surface area (Å²) in [5.41, 5.74) is 6.95. The number of nitrogens with zero attached hydrogens (tertiary/aromatic N) is 6. The zero-order valence-electron chi connectivity index (χ0n) is 39.7. The molecule has 0 N–H and O–H groups in total. The Kier molecular flexibility index (Phi) is 12.6. The van der Waals surface area contributed by atoms with E-state index in [0.29, 0.717) is 57.4 Å². The maximum atomic E-state index is 18.0. The summed E-state index contributed by atoms with van der Waals surface area (Å²) in [7, 11) is -0.783. The van der Waals surface area contributed by atoms with Crippen LogP contribution >= 0.6 is 0 Å². The van der Waals surface area contributed by atoms with Crippen LogP contribution in [-0.2, 0) is 9.47 Å². The normalized spacial score (nSPS) is 19.8. The summed E-state index contributed by atoms with van der Waals surface area (Å²) in [5, 5.41) is 1.03. The number of hydrogen-bond acceptors (Lipinski definition) is 10. The van der Waals surface area contributed by atoms with Gasteiger partial charge in [-0.25, -0.2) is 13.6 Å². The van der Waals surface area contributed by atoms with E-state index < -0.39 is 25.3 Å². The summed E-state index contributed by atoms with van der Waals surface area (Å²) < 4.78 is 57.8. The van der Waals surface area contributed by atoms with Crippen LogP contribution in [0.25, 0.3) is 32.9 Å². The molecule has 2 aromatic heterocycles. The van der Waals surface area contributed by atoms with Gasteiger partial charge in [0, 0.05) is 61.4 Å². The Balaban J connectivity index is 1.29. The van der Waals surface area contributed by atoms with Gasteiger partial charge in [-0.3, -0.25) is 14.8 Å². The van der Waals surface area contributed by atoms with E-state index in [9.17, 15) is 4.79 Å². The molecular weight excluding hydrogens is 843 g/mol. The molecule has 0 aliphatic carbocycles. The molecule has 346 valence electrons. The molecule has 2 atom stereocenters. The Hall–Kier alpha value is -5.10. The fraction of sp³-hybridized carbons (Fsp3) is 0.529. The summed E-state index contributed by atoms with van der Waals surface area (Å²) >= 11 is 0. The molecule has 2 bridgehead atoms. The highest BCUT2D eigenvalue weighted by molar-refractivity contribution is 6.90. The molecule has 0 saturated carbocycles. The SMILES string of the molecule is C=C1CN2CC(=C)CC2(COc2nc(N3CC4CCC(C3)N4C(=O)OC(C)(C)C)c3cnc(-c4cc(OCOC)c(F)c5cccc(C#C[Si](C(C)C)(C(C)C)C(C)C)c45)c(F)c3n2)C1. The molecule has 0 radical (unpaired) electrons. The van der Waals surface area contributed by atoms with Crippen LogP contribution in [0.15, 0.2) is 54.8 Å². The Labute approximate surface area is 383 Å². The first-order valence-electron chi connectivity index (χ1n) is 23.0. The first-order chi connectivity index (χ1) is 30.8. The van der Waals surface area contributed by atoms with Crippen LogP contribution in [0.5, 0.6) is 11.8 Å². The highest BCUT2D eigenvalue weighted by Crippen LogP contribution is 2.45. The number of methoxy groups -OCH3 is 1. The van der Waals surface area contributed by atoms with Gasteiger partial charge in [0.05, 0.1) is 23.0 Å².